The molecule has 1 N–H and O–H groups in total. The molecule has 2 aliphatic rings. The zero-order valence-electron chi connectivity index (χ0n) is 14.6. The summed E-state index contributed by atoms with van der Waals surface area (Å²) in [5.41, 5.74) is 2.49. The molecule has 4 rings (SSSR count). The lowest BCUT2D eigenvalue weighted by molar-refractivity contribution is -0.128. The van der Waals surface area contributed by atoms with Gasteiger partial charge in [0.05, 0.1) is 28.4 Å². The van der Waals surface area contributed by atoms with E-state index in [0.29, 0.717) is 5.15 Å². The number of hydrogen-bond acceptors (Lipinski definition) is 4. The molecule has 2 aliphatic heterocycles. The molecule has 0 radical (unpaired) electrons. The minimum absolute atomic E-state index is 0.186. The molecule has 0 bridgehead atoms. The Labute approximate surface area is 157 Å². The van der Waals surface area contributed by atoms with Crippen LogP contribution in [0.5, 0.6) is 0 Å². The van der Waals surface area contributed by atoms with E-state index in [1.807, 2.05) is 19.3 Å². The molecule has 1 amide bonds. The molecule has 4 heterocycles. The van der Waals surface area contributed by atoms with E-state index in [1.165, 1.54) is 0 Å². The van der Waals surface area contributed by atoms with Crippen LogP contribution in [0.15, 0.2) is 24.7 Å². The van der Waals surface area contributed by atoms with Crippen LogP contribution in [0.1, 0.15) is 30.4 Å². The second-order valence-corrected chi connectivity index (χ2v) is 7.34. The summed E-state index contributed by atoms with van der Waals surface area (Å²) in [6, 6.07) is 1.86. The lowest BCUT2D eigenvalue weighted by Gasteiger charge is -2.38. The number of aryl methyl sites for hydroxylation is 1. The summed E-state index contributed by atoms with van der Waals surface area (Å²) in [5.74, 6) is 6.53. The number of nitrogens with zero attached hydrogens (tertiary/aromatic N) is 4. The van der Waals surface area contributed by atoms with E-state index in [1.54, 1.807) is 17.1 Å². The minimum atomic E-state index is -0.186. The lowest BCUT2D eigenvalue weighted by Crippen LogP contribution is -2.44. The molecular formula is C19H20ClN5O. The molecule has 134 valence electrons. The van der Waals surface area contributed by atoms with Gasteiger partial charge in [0.15, 0.2) is 0 Å². The predicted octanol–water partition coefficient (Wildman–Crippen LogP) is 1.97. The Kier molecular flexibility index (Phi) is 4.33. The van der Waals surface area contributed by atoms with Crippen molar-refractivity contribution in [2.24, 2.45) is 12.5 Å². The standard InChI is InChI=1S/C19H20ClN5O/c1-24-13-14(11-23-24)2-3-15-12-22-17(20)10-16(15)25-8-5-19(6-9-25)4-7-21-18(19)26/h10-13H,4-9H2,1H3,(H,21,26). The summed E-state index contributed by atoms with van der Waals surface area (Å²) in [4.78, 5) is 18.6. The molecule has 2 aromatic rings. The summed E-state index contributed by atoms with van der Waals surface area (Å²) in [6.45, 7) is 2.42. The maximum Gasteiger partial charge on any atom is 0.226 e. The minimum Gasteiger partial charge on any atom is -0.370 e. The highest BCUT2D eigenvalue weighted by molar-refractivity contribution is 6.29. The quantitative estimate of drug-likeness (QED) is 0.616. The van der Waals surface area contributed by atoms with Gasteiger partial charge >= 0.3 is 0 Å². The Hall–Kier alpha value is -2.52. The monoisotopic (exact) mass is 369 g/mol. The van der Waals surface area contributed by atoms with E-state index in [-0.39, 0.29) is 11.3 Å². The molecular weight excluding hydrogens is 350 g/mol. The van der Waals surface area contributed by atoms with Gasteiger partial charge in [0.2, 0.25) is 5.91 Å². The van der Waals surface area contributed by atoms with Crippen LogP contribution < -0.4 is 10.2 Å². The molecule has 0 saturated carbocycles. The van der Waals surface area contributed by atoms with Gasteiger partial charge in [-0.2, -0.15) is 5.10 Å². The fourth-order valence-corrected chi connectivity index (χ4v) is 3.92. The first kappa shape index (κ1) is 16.9. The van der Waals surface area contributed by atoms with Crippen LogP contribution in [0.2, 0.25) is 5.15 Å². The first-order chi connectivity index (χ1) is 12.6. The van der Waals surface area contributed by atoms with Crippen molar-refractivity contribution < 1.29 is 4.79 Å². The van der Waals surface area contributed by atoms with E-state index >= 15 is 0 Å². The zero-order chi connectivity index (χ0) is 18.1. The number of carbonyl (C=O) groups excluding carboxylic acids is 1. The number of rotatable bonds is 1. The van der Waals surface area contributed by atoms with Crippen molar-refractivity contribution in [1.29, 1.82) is 0 Å². The van der Waals surface area contributed by atoms with Gasteiger partial charge in [0, 0.05) is 45.1 Å². The third-order valence-corrected chi connectivity index (χ3v) is 5.53. The first-order valence-corrected chi connectivity index (χ1v) is 9.13. The average Bonchev–Trinajstić information content (AvgIpc) is 3.21. The molecule has 26 heavy (non-hydrogen) atoms. The first-order valence-electron chi connectivity index (χ1n) is 8.75. The van der Waals surface area contributed by atoms with Gasteiger partial charge in [-0.25, -0.2) is 4.98 Å². The second kappa shape index (κ2) is 6.65. The van der Waals surface area contributed by atoms with Gasteiger partial charge in [0.25, 0.3) is 0 Å². The lowest BCUT2D eigenvalue weighted by atomic mass is 9.77. The van der Waals surface area contributed by atoms with Crippen LogP contribution in [-0.4, -0.2) is 40.3 Å². The van der Waals surface area contributed by atoms with Gasteiger partial charge < -0.3 is 10.2 Å². The normalized spacial score (nSPS) is 18.5. The third-order valence-electron chi connectivity index (χ3n) is 5.33. The van der Waals surface area contributed by atoms with Crippen molar-refractivity contribution in [3.05, 3.63) is 40.9 Å². The Balaban J connectivity index is 1.58. The Bertz CT molecular complexity index is 902. The van der Waals surface area contributed by atoms with E-state index in [9.17, 15) is 4.79 Å². The second-order valence-electron chi connectivity index (χ2n) is 6.95. The summed E-state index contributed by atoms with van der Waals surface area (Å²) >= 11 is 6.14. The fourth-order valence-electron chi connectivity index (χ4n) is 3.77. The molecule has 0 aliphatic carbocycles. The molecule has 0 unspecified atom stereocenters. The smallest absolute Gasteiger partial charge is 0.226 e. The van der Waals surface area contributed by atoms with E-state index in [4.69, 9.17) is 11.6 Å². The molecule has 6 nitrogen and oxygen atoms in total. The third kappa shape index (κ3) is 3.15. The number of pyridine rings is 1. The van der Waals surface area contributed by atoms with Crippen molar-refractivity contribution >= 4 is 23.2 Å². The highest BCUT2D eigenvalue weighted by Gasteiger charge is 2.44. The van der Waals surface area contributed by atoms with Crippen LogP contribution in [-0.2, 0) is 11.8 Å². The largest absolute Gasteiger partial charge is 0.370 e. The number of anilines is 1. The Morgan fingerprint density at radius 1 is 1.23 bits per heavy atom. The van der Waals surface area contributed by atoms with Gasteiger partial charge in [-0.05, 0) is 19.3 Å². The Morgan fingerprint density at radius 2 is 2.04 bits per heavy atom. The number of nitrogens with one attached hydrogen (secondary N) is 1. The Morgan fingerprint density at radius 3 is 2.69 bits per heavy atom. The van der Waals surface area contributed by atoms with Crippen molar-refractivity contribution in [3.63, 3.8) is 0 Å². The molecule has 0 atom stereocenters. The molecule has 0 aromatic carbocycles. The van der Waals surface area contributed by atoms with Crippen molar-refractivity contribution in [2.75, 3.05) is 24.5 Å². The van der Waals surface area contributed by atoms with Crippen molar-refractivity contribution in [2.45, 2.75) is 19.3 Å². The SMILES string of the molecule is Cn1cc(C#Cc2cnc(Cl)cc2N2CCC3(CCNC3=O)CC2)cn1. The van der Waals surface area contributed by atoms with Crippen molar-refractivity contribution in [3.8, 4) is 11.8 Å². The molecule has 2 fully saturated rings. The summed E-state index contributed by atoms with van der Waals surface area (Å²) < 4.78 is 1.72. The van der Waals surface area contributed by atoms with Gasteiger partial charge in [0.1, 0.15) is 5.15 Å². The van der Waals surface area contributed by atoms with Gasteiger partial charge in [-0.15, -0.1) is 0 Å². The fraction of sp³-hybridized carbons (Fsp3) is 0.421. The van der Waals surface area contributed by atoms with Gasteiger partial charge in [-0.1, -0.05) is 23.4 Å². The van der Waals surface area contributed by atoms with Crippen LogP contribution in [0.4, 0.5) is 5.69 Å². The predicted molar refractivity (Wildman–Crippen MR) is 99.9 cm³/mol. The maximum atomic E-state index is 12.2. The van der Waals surface area contributed by atoms with Crippen LogP contribution in [0.3, 0.4) is 0 Å². The number of carbonyl (C=O) groups is 1. The summed E-state index contributed by atoms with van der Waals surface area (Å²) in [7, 11) is 1.86. The van der Waals surface area contributed by atoms with E-state index < -0.39 is 0 Å². The number of halogens is 1. The summed E-state index contributed by atoms with van der Waals surface area (Å²) in [5, 5.41) is 7.56. The van der Waals surface area contributed by atoms with Crippen molar-refractivity contribution in [1.82, 2.24) is 20.1 Å². The number of piperidine rings is 1. The molecule has 1 spiro atoms. The zero-order valence-corrected chi connectivity index (χ0v) is 15.4. The maximum absolute atomic E-state index is 12.2. The highest BCUT2D eigenvalue weighted by Crippen LogP contribution is 2.39. The average molecular weight is 370 g/mol. The number of hydrogen-bond donors (Lipinski definition) is 1. The van der Waals surface area contributed by atoms with E-state index in [0.717, 1.165) is 55.7 Å². The van der Waals surface area contributed by atoms with Crippen LogP contribution in [0.25, 0.3) is 0 Å². The topological polar surface area (TPSA) is 63.1 Å². The van der Waals surface area contributed by atoms with Gasteiger partial charge in [-0.3, -0.25) is 9.48 Å². The van der Waals surface area contributed by atoms with Crippen LogP contribution in [0, 0.1) is 17.3 Å². The highest BCUT2D eigenvalue weighted by atomic mass is 35.5. The number of aromatic nitrogens is 3. The van der Waals surface area contributed by atoms with E-state index in [2.05, 4.69) is 32.1 Å². The molecule has 2 saturated heterocycles. The van der Waals surface area contributed by atoms with Crippen LogP contribution >= 0.6 is 11.6 Å². The number of amides is 1. The summed E-state index contributed by atoms with van der Waals surface area (Å²) in [6.07, 6.45) is 7.97. The molecule has 7 heteroatoms. The molecule has 2 aromatic heterocycles.